The first kappa shape index (κ1) is 18.8. The Hall–Kier alpha value is -1.24. The molecule has 0 heterocycles. The Kier molecular flexibility index (Phi) is 6.07. The molecule has 4 nitrogen and oxygen atoms in total. The van der Waals surface area contributed by atoms with Gasteiger partial charge in [-0.2, -0.15) is 0 Å². The Morgan fingerprint density at radius 1 is 1.00 bits per heavy atom. The standard InChI is InChI=1S/C15H20O4.Li.H/c1-8-6-10(15(3,4)5)7-9(2)11(8)12(13(16)17)14(18)19;;/h6-7,12H,1-5H3,(H,16,17)(H,18,19);;. The number of benzene rings is 1. The van der Waals surface area contributed by atoms with E-state index < -0.39 is 17.9 Å². The predicted octanol–water partition coefficient (Wildman–Crippen LogP) is 2.21. The fraction of sp³-hybridized carbons (Fsp3) is 0.467. The van der Waals surface area contributed by atoms with Gasteiger partial charge in [-0.15, -0.1) is 0 Å². The third-order valence-electron chi connectivity index (χ3n) is 3.24. The van der Waals surface area contributed by atoms with E-state index in [0.29, 0.717) is 16.7 Å². The third kappa shape index (κ3) is 3.88. The van der Waals surface area contributed by atoms with Crippen LogP contribution in [0.4, 0.5) is 0 Å². The van der Waals surface area contributed by atoms with Crippen molar-refractivity contribution in [3.05, 3.63) is 34.4 Å². The fourth-order valence-electron chi connectivity index (χ4n) is 2.22. The van der Waals surface area contributed by atoms with Gasteiger partial charge in [0.05, 0.1) is 0 Å². The van der Waals surface area contributed by atoms with Crippen molar-refractivity contribution >= 4 is 30.8 Å². The quantitative estimate of drug-likeness (QED) is 0.653. The predicted molar refractivity (Wildman–Crippen MR) is 79.8 cm³/mol. The van der Waals surface area contributed by atoms with Crippen LogP contribution in [0.1, 0.15) is 48.9 Å². The van der Waals surface area contributed by atoms with Crippen LogP contribution in [0.3, 0.4) is 0 Å². The Morgan fingerprint density at radius 3 is 1.60 bits per heavy atom. The van der Waals surface area contributed by atoms with E-state index in [1.807, 2.05) is 12.1 Å². The van der Waals surface area contributed by atoms with Crippen LogP contribution in [-0.4, -0.2) is 41.0 Å². The van der Waals surface area contributed by atoms with E-state index in [2.05, 4.69) is 20.8 Å². The molecule has 0 aliphatic heterocycles. The van der Waals surface area contributed by atoms with Gasteiger partial charge in [-0.05, 0) is 41.5 Å². The molecule has 0 atom stereocenters. The summed E-state index contributed by atoms with van der Waals surface area (Å²) in [6, 6.07) is 3.75. The van der Waals surface area contributed by atoms with Crippen molar-refractivity contribution in [2.24, 2.45) is 0 Å². The van der Waals surface area contributed by atoms with Crippen molar-refractivity contribution in [1.82, 2.24) is 0 Å². The fourth-order valence-corrected chi connectivity index (χ4v) is 2.22. The van der Waals surface area contributed by atoms with Gasteiger partial charge in [0.2, 0.25) is 0 Å². The average Bonchev–Trinajstić information content (AvgIpc) is 2.20. The molecule has 1 aromatic carbocycles. The Morgan fingerprint density at radius 2 is 1.35 bits per heavy atom. The number of carboxylic acids is 2. The Balaban J connectivity index is 0.00000361. The van der Waals surface area contributed by atoms with Gasteiger partial charge in [-0.3, -0.25) is 9.59 Å². The van der Waals surface area contributed by atoms with Gasteiger partial charge < -0.3 is 10.2 Å². The van der Waals surface area contributed by atoms with Crippen molar-refractivity contribution in [3.63, 3.8) is 0 Å². The van der Waals surface area contributed by atoms with Gasteiger partial charge in [0.25, 0.3) is 0 Å². The van der Waals surface area contributed by atoms with E-state index in [1.165, 1.54) is 0 Å². The molecule has 5 heteroatoms. The molecule has 20 heavy (non-hydrogen) atoms. The zero-order valence-corrected chi connectivity index (χ0v) is 11.9. The number of carboxylic acid groups (broad SMARTS) is 2. The van der Waals surface area contributed by atoms with Gasteiger partial charge in [0.15, 0.2) is 5.92 Å². The van der Waals surface area contributed by atoms with Gasteiger partial charge in [-0.25, -0.2) is 0 Å². The second-order valence-electron chi connectivity index (χ2n) is 5.88. The molecule has 0 fully saturated rings. The van der Waals surface area contributed by atoms with Crippen LogP contribution < -0.4 is 0 Å². The minimum atomic E-state index is -1.51. The summed E-state index contributed by atoms with van der Waals surface area (Å²) in [4.78, 5) is 22.3. The first-order valence-electron chi connectivity index (χ1n) is 6.13. The summed E-state index contributed by atoms with van der Waals surface area (Å²) in [5, 5.41) is 18.2. The van der Waals surface area contributed by atoms with Crippen molar-refractivity contribution < 1.29 is 19.8 Å². The molecule has 1 rings (SSSR count). The average molecular weight is 272 g/mol. The van der Waals surface area contributed by atoms with Crippen molar-refractivity contribution in [1.29, 1.82) is 0 Å². The topological polar surface area (TPSA) is 74.6 Å². The molecule has 0 radical (unpaired) electrons. The van der Waals surface area contributed by atoms with Crippen LogP contribution in [0.5, 0.6) is 0 Å². The van der Waals surface area contributed by atoms with Crippen LogP contribution in [0.2, 0.25) is 0 Å². The SMILES string of the molecule is Cc1cc(C(C)(C)C)cc(C)c1C(C(=O)O)C(=O)O.[LiH]. The molecule has 106 valence electrons. The first-order valence-corrected chi connectivity index (χ1v) is 6.13. The number of aliphatic carboxylic acids is 2. The van der Waals surface area contributed by atoms with Crippen LogP contribution in [0.25, 0.3) is 0 Å². The molecular weight excluding hydrogens is 251 g/mol. The van der Waals surface area contributed by atoms with E-state index in [1.54, 1.807) is 13.8 Å². The molecule has 1 aromatic rings. The van der Waals surface area contributed by atoms with Crippen LogP contribution in [0.15, 0.2) is 12.1 Å². The summed E-state index contributed by atoms with van der Waals surface area (Å²) in [5.41, 5.74) is 2.81. The monoisotopic (exact) mass is 272 g/mol. The summed E-state index contributed by atoms with van der Waals surface area (Å²) in [7, 11) is 0. The Bertz CT molecular complexity index is 492. The van der Waals surface area contributed by atoms with Gasteiger partial charge in [0.1, 0.15) is 0 Å². The number of hydrogen-bond acceptors (Lipinski definition) is 2. The zero-order chi connectivity index (χ0) is 15.0. The van der Waals surface area contributed by atoms with E-state index >= 15 is 0 Å². The van der Waals surface area contributed by atoms with Gasteiger partial charge in [0, 0.05) is 0 Å². The van der Waals surface area contributed by atoms with Crippen molar-refractivity contribution in [2.45, 2.75) is 46.0 Å². The van der Waals surface area contributed by atoms with E-state index in [0.717, 1.165) is 5.56 Å². The second-order valence-corrected chi connectivity index (χ2v) is 5.88. The maximum absolute atomic E-state index is 11.1. The van der Waals surface area contributed by atoms with E-state index in [-0.39, 0.29) is 24.3 Å². The minimum absolute atomic E-state index is 0. The van der Waals surface area contributed by atoms with Crippen LogP contribution in [-0.2, 0) is 15.0 Å². The van der Waals surface area contributed by atoms with Gasteiger partial charge >= 0.3 is 30.8 Å². The molecule has 0 unspecified atom stereocenters. The molecular formula is C15H21LiO4. The molecule has 2 N–H and O–H groups in total. The van der Waals surface area contributed by atoms with Crippen molar-refractivity contribution in [2.75, 3.05) is 0 Å². The summed E-state index contributed by atoms with van der Waals surface area (Å²) in [6.07, 6.45) is 0. The zero-order valence-electron chi connectivity index (χ0n) is 11.9. The summed E-state index contributed by atoms with van der Waals surface area (Å²) in [5.74, 6) is -4.17. The second kappa shape index (κ2) is 6.47. The summed E-state index contributed by atoms with van der Waals surface area (Å²) in [6.45, 7) is 9.71. The first-order chi connectivity index (χ1) is 8.55. The molecule has 0 aromatic heterocycles. The number of hydrogen-bond donors (Lipinski definition) is 2. The number of carbonyl (C=O) groups is 2. The number of rotatable bonds is 3. The molecule has 0 saturated heterocycles. The molecule has 0 amide bonds. The molecule has 0 bridgehead atoms. The summed E-state index contributed by atoms with van der Waals surface area (Å²) >= 11 is 0. The molecule has 0 aliphatic rings. The molecule has 0 spiro atoms. The maximum atomic E-state index is 11.1. The summed E-state index contributed by atoms with van der Waals surface area (Å²) < 4.78 is 0. The molecule has 0 saturated carbocycles. The normalized spacial score (nSPS) is 11.1. The van der Waals surface area contributed by atoms with Crippen molar-refractivity contribution in [3.8, 4) is 0 Å². The van der Waals surface area contributed by atoms with Crippen LogP contribution in [0, 0.1) is 13.8 Å². The van der Waals surface area contributed by atoms with E-state index in [9.17, 15) is 9.59 Å². The van der Waals surface area contributed by atoms with Crippen LogP contribution >= 0.6 is 0 Å². The number of aryl methyl sites for hydroxylation is 2. The van der Waals surface area contributed by atoms with E-state index in [4.69, 9.17) is 10.2 Å². The Labute approximate surface area is 131 Å². The third-order valence-corrected chi connectivity index (χ3v) is 3.24. The van der Waals surface area contributed by atoms with Gasteiger partial charge in [-0.1, -0.05) is 32.9 Å². The molecule has 0 aliphatic carbocycles.